The summed E-state index contributed by atoms with van der Waals surface area (Å²) in [4.78, 5) is 5.70. The lowest BCUT2D eigenvalue weighted by atomic mass is 10.1. The molecule has 2 rings (SSSR count). The van der Waals surface area contributed by atoms with E-state index in [1.54, 1.807) is 0 Å². The minimum atomic E-state index is 0.240. The molecule has 0 aliphatic heterocycles. The molecule has 116 valence electrons. The summed E-state index contributed by atoms with van der Waals surface area (Å²) in [6, 6.07) is 8.38. The zero-order valence-electron chi connectivity index (χ0n) is 12.6. The SMILES string of the molecule is OCCCCN(CCCO)CCc1c[nH]c2ccccc12. The van der Waals surface area contributed by atoms with Gasteiger partial charge in [-0.15, -0.1) is 0 Å². The second-order valence-electron chi connectivity index (χ2n) is 5.46. The molecular weight excluding hydrogens is 264 g/mol. The minimum Gasteiger partial charge on any atom is -0.396 e. The van der Waals surface area contributed by atoms with Crippen molar-refractivity contribution < 1.29 is 10.2 Å². The number of unbranched alkanes of at least 4 members (excludes halogenated alkanes) is 1. The number of aliphatic hydroxyl groups is 2. The van der Waals surface area contributed by atoms with E-state index in [1.807, 2.05) is 6.07 Å². The van der Waals surface area contributed by atoms with E-state index in [0.717, 1.165) is 45.3 Å². The molecule has 0 radical (unpaired) electrons. The Morgan fingerprint density at radius 2 is 1.67 bits per heavy atom. The highest BCUT2D eigenvalue weighted by atomic mass is 16.3. The van der Waals surface area contributed by atoms with Gasteiger partial charge < -0.3 is 20.1 Å². The highest BCUT2D eigenvalue weighted by Crippen LogP contribution is 2.18. The van der Waals surface area contributed by atoms with Crippen LogP contribution in [0.15, 0.2) is 30.5 Å². The van der Waals surface area contributed by atoms with Gasteiger partial charge in [0, 0.05) is 43.4 Å². The highest BCUT2D eigenvalue weighted by molar-refractivity contribution is 5.83. The number of nitrogens with one attached hydrogen (secondary N) is 1. The first-order chi connectivity index (χ1) is 10.3. The maximum atomic E-state index is 9.01. The van der Waals surface area contributed by atoms with Crippen LogP contribution in [0.25, 0.3) is 10.9 Å². The maximum Gasteiger partial charge on any atom is 0.0456 e. The van der Waals surface area contributed by atoms with Crippen molar-refractivity contribution in [2.45, 2.75) is 25.7 Å². The van der Waals surface area contributed by atoms with Crippen LogP contribution < -0.4 is 0 Å². The molecular formula is C17H26N2O2. The first-order valence-corrected chi connectivity index (χ1v) is 7.84. The number of rotatable bonds is 10. The Labute approximate surface area is 126 Å². The lowest BCUT2D eigenvalue weighted by molar-refractivity contribution is 0.214. The number of aromatic amines is 1. The van der Waals surface area contributed by atoms with Crippen LogP contribution in [0.2, 0.25) is 0 Å². The number of H-pyrrole nitrogens is 1. The van der Waals surface area contributed by atoms with E-state index in [1.165, 1.54) is 16.5 Å². The molecule has 0 saturated carbocycles. The third-order valence-corrected chi connectivity index (χ3v) is 3.89. The summed E-state index contributed by atoms with van der Waals surface area (Å²) in [6.45, 7) is 3.40. The van der Waals surface area contributed by atoms with E-state index in [4.69, 9.17) is 10.2 Å². The number of hydrogen-bond donors (Lipinski definition) is 3. The van der Waals surface area contributed by atoms with E-state index in [9.17, 15) is 0 Å². The predicted octanol–water partition coefficient (Wildman–Crippen LogP) is 2.17. The number of nitrogens with zero attached hydrogens (tertiary/aromatic N) is 1. The maximum absolute atomic E-state index is 9.01. The van der Waals surface area contributed by atoms with Gasteiger partial charge in [0.05, 0.1) is 0 Å². The largest absolute Gasteiger partial charge is 0.396 e. The Bertz CT molecular complexity index is 524. The summed E-state index contributed by atoms with van der Waals surface area (Å²) >= 11 is 0. The molecule has 0 spiro atoms. The van der Waals surface area contributed by atoms with Gasteiger partial charge in [-0.3, -0.25) is 0 Å². The topological polar surface area (TPSA) is 59.5 Å². The molecule has 4 heteroatoms. The van der Waals surface area contributed by atoms with Crippen molar-refractivity contribution in [1.29, 1.82) is 0 Å². The fraction of sp³-hybridized carbons (Fsp3) is 0.529. The zero-order valence-corrected chi connectivity index (χ0v) is 12.6. The van der Waals surface area contributed by atoms with Crippen LogP contribution in [0.1, 0.15) is 24.8 Å². The summed E-state index contributed by atoms with van der Waals surface area (Å²) in [5, 5.41) is 19.2. The van der Waals surface area contributed by atoms with Crippen molar-refractivity contribution in [2.75, 3.05) is 32.8 Å². The average Bonchev–Trinajstić information content (AvgIpc) is 2.93. The number of benzene rings is 1. The predicted molar refractivity (Wildman–Crippen MR) is 86.5 cm³/mol. The molecule has 0 aliphatic rings. The Balaban J connectivity index is 1.90. The zero-order chi connectivity index (χ0) is 14.9. The Kier molecular flexibility index (Phi) is 6.73. The molecule has 3 N–H and O–H groups in total. The van der Waals surface area contributed by atoms with Gasteiger partial charge in [-0.05, 0) is 43.9 Å². The summed E-state index contributed by atoms with van der Waals surface area (Å²) < 4.78 is 0. The standard InChI is InChI=1S/C17H26N2O2/c20-12-4-3-9-19(10-5-13-21)11-8-15-14-18-17-7-2-1-6-16(15)17/h1-2,6-7,14,18,20-21H,3-5,8-13H2. The summed E-state index contributed by atoms with van der Waals surface area (Å²) in [7, 11) is 0. The smallest absolute Gasteiger partial charge is 0.0456 e. The van der Waals surface area contributed by atoms with E-state index in [2.05, 4.69) is 34.3 Å². The van der Waals surface area contributed by atoms with Gasteiger partial charge in [-0.1, -0.05) is 18.2 Å². The van der Waals surface area contributed by atoms with Crippen LogP contribution in [0, 0.1) is 0 Å². The number of aromatic nitrogens is 1. The molecule has 0 atom stereocenters. The quantitative estimate of drug-likeness (QED) is 0.588. The summed E-state index contributed by atoms with van der Waals surface area (Å²) in [5.74, 6) is 0. The van der Waals surface area contributed by atoms with Gasteiger partial charge in [0.15, 0.2) is 0 Å². The second kappa shape index (κ2) is 8.82. The Morgan fingerprint density at radius 3 is 2.48 bits per heavy atom. The van der Waals surface area contributed by atoms with Crippen LogP contribution >= 0.6 is 0 Å². The van der Waals surface area contributed by atoms with Gasteiger partial charge in [0.1, 0.15) is 0 Å². The van der Waals surface area contributed by atoms with Crippen molar-refractivity contribution in [3.05, 3.63) is 36.0 Å². The molecule has 4 nitrogen and oxygen atoms in total. The normalized spacial score (nSPS) is 11.6. The molecule has 1 heterocycles. The van der Waals surface area contributed by atoms with E-state index < -0.39 is 0 Å². The van der Waals surface area contributed by atoms with Gasteiger partial charge in [0.25, 0.3) is 0 Å². The Morgan fingerprint density at radius 1 is 0.905 bits per heavy atom. The molecule has 0 bridgehead atoms. The van der Waals surface area contributed by atoms with Gasteiger partial charge >= 0.3 is 0 Å². The number of para-hydroxylation sites is 1. The highest BCUT2D eigenvalue weighted by Gasteiger charge is 2.07. The number of fused-ring (bicyclic) bond motifs is 1. The van der Waals surface area contributed by atoms with Gasteiger partial charge in [-0.25, -0.2) is 0 Å². The molecule has 0 saturated heterocycles. The van der Waals surface area contributed by atoms with E-state index in [-0.39, 0.29) is 13.2 Å². The van der Waals surface area contributed by atoms with E-state index >= 15 is 0 Å². The third-order valence-electron chi connectivity index (χ3n) is 3.89. The molecule has 0 unspecified atom stereocenters. The monoisotopic (exact) mass is 290 g/mol. The van der Waals surface area contributed by atoms with Crippen LogP contribution in [0.4, 0.5) is 0 Å². The van der Waals surface area contributed by atoms with Gasteiger partial charge in [-0.2, -0.15) is 0 Å². The first kappa shape index (κ1) is 16.0. The third kappa shape index (κ3) is 4.84. The number of aliphatic hydroxyl groups excluding tert-OH is 2. The molecule has 1 aromatic carbocycles. The molecule has 0 amide bonds. The first-order valence-electron chi connectivity index (χ1n) is 7.84. The van der Waals surface area contributed by atoms with Crippen LogP contribution in [-0.4, -0.2) is 52.9 Å². The average molecular weight is 290 g/mol. The Hall–Kier alpha value is -1.36. The number of hydrogen-bond acceptors (Lipinski definition) is 3. The van der Waals surface area contributed by atoms with Crippen molar-refractivity contribution in [3.63, 3.8) is 0 Å². The summed E-state index contributed by atoms with van der Waals surface area (Å²) in [5.41, 5.74) is 2.54. The van der Waals surface area contributed by atoms with Gasteiger partial charge in [0.2, 0.25) is 0 Å². The fourth-order valence-corrected chi connectivity index (χ4v) is 2.69. The van der Waals surface area contributed by atoms with E-state index in [0.29, 0.717) is 0 Å². The fourth-order valence-electron chi connectivity index (χ4n) is 2.69. The molecule has 0 aliphatic carbocycles. The molecule has 1 aromatic heterocycles. The van der Waals surface area contributed by atoms with Crippen molar-refractivity contribution >= 4 is 10.9 Å². The van der Waals surface area contributed by atoms with Crippen molar-refractivity contribution in [2.24, 2.45) is 0 Å². The minimum absolute atomic E-state index is 0.240. The van der Waals surface area contributed by atoms with Crippen LogP contribution in [0.5, 0.6) is 0 Å². The van der Waals surface area contributed by atoms with Crippen LogP contribution in [-0.2, 0) is 6.42 Å². The lowest BCUT2D eigenvalue weighted by Crippen LogP contribution is -2.29. The molecule has 21 heavy (non-hydrogen) atoms. The molecule has 0 fully saturated rings. The second-order valence-corrected chi connectivity index (χ2v) is 5.46. The lowest BCUT2D eigenvalue weighted by Gasteiger charge is -2.21. The van der Waals surface area contributed by atoms with Crippen LogP contribution in [0.3, 0.4) is 0 Å². The molecule has 2 aromatic rings. The summed E-state index contributed by atoms with van der Waals surface area (Å²) in [6.07, 6.45) is 5.78. The van der Waals surface area contributed by atoms with Crippen molar-refractivity contribution in [3.8, 4) is 0 Å². The van der Waals surface area contributed by atoms with Crippen molar-refractivity contribution in [1.82, 2.24) is 9.88 Å².